The molecule has 0 bridgehead atoms. The molecule has 1 aliphatic heterocycles. The van der Waals surface area contributed by atoms with Gasteiger partial charge in [-0.1, -0.05) is 6.07 Å². The van der Waals surface area contributed by atoms with Crippen molar-refractivity contribution in [1.29, 1.82) is 0 Å². The second kappa shape index (κ2) is 4.98. The van der Waals surface area contributed by atoms with Crippen LogP contribution in [0.2, 0.25) is 0 Å². The summed E-state index contributed by atoms with van der Waals surface area (Å²) in [5.74, 6) is -0.0472. The van der Waals surface area contributed by atoms with Gasteiger partial charge in [0.1, 0.15) is 5.75 Å². The number of carbonyl (C=O) groups is 1. The van der Waals surface area contributed by atoms with E-state index in [2.05, 4.69) is 0 Å². The Morgan fingerprint density at radius 1 is 1.50 bits per heavy atom. The molecule has 18 heavy (non-hydrogen) atoms. The number of aryl methyl sites for hydroxylation is 1. The van der Waals surface area contributed by atoms with Crippen molar-refractivity contribution in [2.75, 3.05) is 6.54 Å². The van der Waals surface area contributed by atoms with E-state index >= 15 is 0 Å². The summed E-state index contributed by atoms with van der Waals surface area (Å²) >= 11 is 0. The van der Waals surface area contributed by atoms with E-state index in [-0.39, 0.29) is 23.7 Å². The number of carbonyl (C=O) groups excluding carboxylic acids is 1. The minimum absolute atomic E-state index is 0.0575. The van der Waals surface area contributed by atoms with Crippen molar-refractivity contribution in [2.24, 2.45) is 5.73 Å². The summed E-state index contributed by atoms with van der Waals surface area (Å²) < 4.78 is 0. The monoisotopic (exact) mass is 248 g/mol. The number of hydrogen-bond donors (Lipinski definition) is 2. The van der Waals surface area contributed by atoms with E-state index in [1.807, 2.05) is 19.9 Å². The van der Waals surface area contributed by atoms with Crippen LogP contribution in [0.5, 0.6) is 5.75 Å². The molecule has 0 saturated carbocycles. The molecular formula is C14H20N2O2. The molecule has 1 aliphatic rings. The van der Waals surface area contributed by atoms with Crippen LogP contribution in [0.15, 0.2) is 18.2 Å². The Morgan fingerprint density at radius 3 is 2.83 bits per heavy atom. The number of benzene rings is 1. The highest BCUT2D eigenvalue weighted by Gasteiger charge is 2.28. The maximum atomic E-state index is 12.4. The lowest BCUT2D eigenvalue weighted by atomic mass is 9.98. The average Bonchev–Trinajstić information content (AvgIpc) is 2.28. The molecule has 1 fully saturated rings. The fourth-order valence-corrected chi connectivity index (χ4v) is 2.49. The van der Waals surface area contributed by atoms with Gasteiger partial charge in [-0.05, 0) is 44.4 Å². The SMILES string of the molecule is Cc1ccc(C(=O)N2CCC(N)CC2C)c(O)c1. The van der Waals surface area contributed by atoms with Gasteiger partial charge in [-0.15, -0.1) is 0 Å². The zero-order valence-electron chi connectivity index (χ0n) is 10.9. The first-order valence-corrected chi connectivity index (χ1v) is 6.35. The molecule has 1 aromatic rings. The van der Waals surface area contributed by atoms with Crippen LogP contribution in [-0.4, -0.2) is 34.5 Å². The third kappa shape index (κ3) is 2.48. The molecule has 0 aliphatic carbocycles. The Labute approximate surface area is 107 Å². The van der Waals surface area contributed by atoms with Gasteiger partial charge in [0, 0.05) is 18.6 Å². The van der Waals surface area contributed by atoms with Crippen molar-refractivity contribution in [1.82, 2.24) is 4.90 Å². The predicted octanol–water partition coefficient (Wildman–Crippen LogP) is 1.65. The molecule has 2 rings (SSSR count). The van der Waals surface area contributed by atoms with Crippen LogP contribution in [0.4, 0.5) is 0 Å². The largest absolute Gasteiger partial charge is 0.507 e. The molecular weight excluding hydrogens is 228 g/mol. The Balaban J connectivity index is 2.20. The summed E-state index contributed by atoms with van der Waals surface area (Å²) in [5.41, 5.74) is 7.21. The number of likely N-dealkylation sites (tertiary alicyclic amines) is 1. The van der Waals surface area contributed by atoms with Gasteiger partial charge in [0.15, 0.2) is 0 Å². The van der Waals surface area contributed by atoms with E-state index in [0.29, 0.717) is 12.1 Å². The molecule has 0 spiro atoms. The van der Waals surface area contributed by atoms with Gasteiger partial charge in [-0.2, -0.15) is 0 Å². The molecule has 1 saturated heterocycles. The number of aromatic hydroxyl groups is 1. The van der Waals surface area contributed by atoms with E-state index < -0.39 is 0 Å². The van der Waals surface area contributed by atoms with Gasteiger partial charge >= 0.3 is 0 Å². The summed E-state index contributed by atoms with van der Waals surface area (Å²) in [7, 11) is 0. The summed E-state index contributed by atoms with van der Waals surface area (Å²) in [4.78, 5) is 14.2. The third-order valence-corrected chi connectivity index (χ3v) is 3.56. The van der Waals surface area contributed by atoms with Gasteiger partial charge in [-0.25, -0.2) is 0 Å². The van der Waals surface area contributed by atoms with Gasteiger partial charge in [-0.3, -0.25) is 4.79 Å². The van der Waals surface area contributed by atoms with E-state index in [0.717, 1.165) is 18.4 Å². The Bertz CT molecular complexity index is 459. The van der Waals surface area contributed by atoms with Crippen molar-refractivity contribution in [3.63, 3.8) is 0 Å². The number of nitrogens with zero attached hydrogens (tertiary/aromatic N) is 1. The molecule has 4 heteroatoms. The van der Waals surface area contributed by atoms with Crippen LogP contribution in [0.3, 0.4) is 0 Å². The second-order valence-corrected chi connectivity index (χ2v) is 5.15. The lowest BCUT2D eigenvalue weighted by Gasteiger charge is -2.36. The highest BCUT2D eigenvalue weighted by atomic mass is 16.3. The first-order chi connectivity index (χ1) is 8.49. The molecule has 2 unspecified atom stereocenters. The number of amides is 1. The highest BCUT2D eigenvalue weighted by molar-refractivity contribution is 5.97. The first-order valence-electron chi connectivity index (χ1n) is 6.35. The van der Waals surface area contributed by atoms with Crippen molar-refractivity contribution >= 4 is 5.91 Å². The minimum atomic E-state index is -0.105. The number of piperidine rings is 1. The maximum absolute atomic E-state index is 12.4. The molecule has 4 nitrogen and oxygen atoms in total. The standard InChI is InChI=1S/C14H20N2O2/c1-9-3-4-12(13(17)7-9)14(18)16-6-5-11(15)8-10(16)2/h3-4,7,10-11,17H,5-6,8,15H2,1-2H3. The van der Waals surface area contributed by atoms with Crippen LogP contribution in [-0.2, 0) is 0 Å². The number of nitrogens with two attached hydrogens (primary N) is 1. The van der Waals surface area contributed by atoms with Crippen molar-refractivity contribution in [2.45, 2.75) is 38.8 Å². The van der Waals surface area contributed by atoms with E-state index in [9.17, 15) is 9.90 Å². The highest BCUT2D eigenvalue weighted by Crippen LogP contribution is 2.24. The summed E-state index contributed by atoms with van der Waals surface area (Å²) in [5, 5.41) is 9.86. The average molecular weight is 248 g/mol. The van der Waals surface area contributed by atoms with Crippen LogP contribution in [0, 0.1) is 6.92 Å². The van der Waals surface area contributed by atoms with Crippen LogP contribution >= 0.6 is 0 Å². The molecule has 1 aromatic carbocycles. The van der Waals surface area contributed by atoms with E-state index in [1.54, 1.807) is 17.0 Å². The molecule has 3 N–H and O–H groups in total. The molecule has 1 heterocycles. The lowest BCUT2D eigenvalue weighted by molar-refractivity contribution is 0.0616. The number of phenolic OH excluding ortho intramolecular Hbond substituents is 1. The van der Waals surface area contributed by atoms with E-state index in [4.69, 9.17) is 5.73 Å². The van der Waals surface area contributed by atoms with Gasteiger partial charge < -0.3 is 15.7 Å². The first kappa shape index (κ1) is 12.9. The molecule has 98 valence electrons. The Kier molecular flexibility index (Phi) is 3.57. The normalized spacial score (nSPS) is 24.1. The van der Waals surface area contributed by atoms with Crippen LogP contribution in [0.25, 0.3) is 0 Å². The topological polar surface area (TPSA) is 66.6 Å². The van der Waals surface area contributed by atoms with Crippen molar-refractivity contribution in [3.8, 4) is 5.75 Å². The summed E-state index contributed by atoms with van der Waals surface area (Å²) in [6.45, 7) is 4.55. The molecule has 1 amide bonds. The third-order valence-electron chi connectivity index (χ3n) is 3.56. The smallest absolute Gasteiger partial charge is 0.257 e. The molecule has 2 atom stereocenters. The number of hydrogen-bond acceptors (Lipinski definition) is 3. The molecule has 0 radical (unpaired) electrons. The number of rotatable bonds is 1. The van der Waals surface area contributed by atoms with Gasteiger partial charge in [0.2, 0.25) is 0 Å². The lowest BCUT2D eigenvalue weighted by Crippen LogP contribution is -2.48. The maximum Gasteiger partial charge on any atom is 0.257 e. The van der Waals surface area contributed by atoms with Crippen LogP contribution < -0.4 is 5.73 Å². The zero-order chi connectivity index (χ0) is 13.3. The minimum Gasteiger partial charge on any atom is -0.507 e. The van der Waals surface area contributed by atoms with Gasteiger partial charge in [0.05, 0.1) is 5.56 Å². The van der Waals surface area contributed by atoms with Crippen molar-refractivity contribution in [3.05, 3.63) is 29.3 Å². The fraction of sp³-hybridized carbons (Fsp3) is 0.500. The van der Waals surface area contributed by atoms with Gasteiger partial charge in [0.25, 0.3) is 5.91 Å². The van der Waals surface area contributed by atoms with Crippen LogP contribution in [0.1, 0.15) is 35.7 Å². The summed E-state index contributed by atoms with van der Waals surface area (Å²) in [6.07, 6.45) is 1.64. The molecule has 0 aromatic heterocycles. The quantitative estimate of drug-likeness (QED) is 0.794. The zero-order valence-corrected chi connectivity index (χ0v) is 10.9. The van der Waals surface area contributed by atoms with Crippen molar-refractivity contribution < 1.29 is 9.90 Å². The predicted molar refractivity (Wildman–Crippen MR) is 70.6 cm³/mol. The van der Waals surface area contributed by atoms with E-state index in [1.165, 1.54) is 0 Å². The summed E-state index contributed by atoms with van der Waals surface area (Å²) in [6, 6.07) is 5.45. The Hall–Kier alpha value is -1.55. The number of phenols is 1. The second-order valence-electron chi connectivity index (χ2n) is 5.15. The Morgan fingerprint density at radius 2 is 2.22 bits per heavy atom. The fourth-order valence-electron chi connectivity index (χ4n) is 2.49.